The summed E-state index contributed by atoms with van der Waals surface area (Å²) in [6.07, 6.45) is 1.55. The second-order valence-electron chi connectivity index (χ2n) is 5.81. The van der Waals surface area contributed by atoms with Gasteiger partial charge in [0, 0.05) is 25.7 Å². The highest BCUT2D eigenvalue weighted by Crippen LogP contribution is 2.23. The second-order valence-corrected chi connectivity index (χ2v) is 5.81. The van der Waals surface area contributed by atoms with Crippen LogP contribution >= 0.6 is 0 Å². The Kier molecular flexibility index (Phi) is 6.05. The number of carboxylic acid groups (broad SMARTS) is 1. The summed E-state index contributed by atoms with van der Waals surface area (Å²) in [6.45, 7) is 6.19. The van der Waals surface area contributed by atoms with Crippen molar-refractivity contribution in [1.82, 2.24) is 4.90 Å². The van der Waals surface area contributed by atoms with Crippen LogP contribution in [-0.4, -0.2) is 52.9 Å². The van der Waals surface area contributed by atoms with Crippen LogP contribution in [0.1, 0.15) is 33.1 Å². The highest BCUT2D eigenvalue weighted by Gasteiger charge is 2.27. The normalized spacial score (nSPS) is 27.4. The van der Waals surface area contributed by atoms with E-state index in [4.69, 9.17) is 10.8 Å². The van der Waals surface area contributed by atoms with Gasteiger partial charge < -0.3 is 20.8 Å². The van der Waals surface area contributed by atoms with Gasteiger partial charge in [-0.05, 0) is 24.7 Å². The van der Waals surface area contributed by atoms with Crippen molar-refractivity contribution in [2.75, 3.05) is 19.6 Å². The standard InChI is InChI=1S/C13H26N2O3/c1-9(2)12(16)6-10-5-11(14)8-15(7-10)4-3-13(17)18/h9-12,16H,3-8,14H2,1-2H3,(H,17,18). The number of nitrogens with two attached hydrogens (primary N) is 1. The van der Waals surface area contributed by atoms with Gasteiger partial charge >= 0.3 is 5.97 Å². The average Bonchev–Trinajstić information content (AvgIpc) is 2.25. The molecule has 18 heavy (non-hydrogen) atoms. The van der Waals surface area contributed by atoms with E-state index in [1.807, 2.05) is 13.8 Å². The molecule has 1 rings (SSSR count). The van der Waals surface area contributed by atoms with Gasteiger partial charge in [0.25, 0.3) is 0 Å². The van der Waals surface area contributed by atoms with Crippen molar-refractivity contribution in [3.05, 3.63) is 0 Å². The highest BCUT2D eigenvalue weighted by molar-refractivity contribution is 5.66. The quantitative estimate of drug-likeness (QED) is 0.646. The topological polar surface area (TPSA) is 86.8 Å². The number of nitrogens with zero attached hydrogens (tertiary/aromatic N) is 1. The van der Waals surface area contributed by atoms with Crippen molar-refractivity contribution in [3.63, 3.8) is 0 Å². The molecule has 1 fully saturated rings. The lowest BCUT2D eigenvalue weighted by molar-refractivity contribution is -0.137. The van der Waals surface area contributed by atoms with Crippen molar-refractivity contribution < 1.29 is 15.0 Å². The third kappa shape index (κ3) is 5.33. The third-order valence-corrected chi connectivity index (χ3v) is 3.63. The Hall–Kier alpha value is -0.650. The number of aliphatic hydroxyl groups excluding tert-OH is 1. The molecule has 3 unspecified atom stereocenters. The average molecular weight is 258 g/mol. The molecule has 0 aliphatic carbocycles. The molecule has 1 heterocycles. The second kappa shape index (κ2) is 7.07. The molecule has 4 N–H and O–H groups in total. The molecule has 3 atom stereocenters. The minimum absolute atomic E-state index is 0.0944. The molecular weight excluding hydrogens is 232 g/mol. The number of hydrogen-bond acceptors (Lipinski definition) is 4. The van der Waals surface area contributed by atoms with Gasteiger partial charge in [-0.3, -0.25) is 4.79 Å². The number of carbonyl (C=O) groups is 1. The van der Waals surface area contributed by atoms with Crippen molar-refractivity contribution in [2.24, 2.45) is 17.6 Å². The Morgan fingerprint density at radius 2 is 2.11 bits per heavy atom. The summed E-state index contributed by atoms with van der Waals surface area (Å²) < 4.78 is 0. The predicted molar refractivity (Wildman–Crippen MR) is 70.2 cm³/mol. The molecule has 5 nitrogen and oxygen atoms in total. The molecule has 1 aliphatic rings. The van der Waals surface area contributed by atoms with Gasteiger partial charge in [0.1, 0.15) is 0 Å². The summed E-state index contributed by atoms with van der Waals surface area (Å²) in [6, 6.07) is 0.0944. The fourth-order valence-electron chi connectivity index (χ4n) is 2.57. The van der Waals surface area contributed by atoms with Crippen LogP contribution in [0.25, 0.3) is 0 Å². The van der Waals surface area contributed by atoms with Crippen LogP contribution in [-0.2, 0) is 4.79 Å². The van der Waals surface area contributed by atoms with Crippen LogP contribution in [0.2, 0.25) is 0 Å². The maximum Gasteiger partial charge on any atom is 0.304 e. The first kappa shape index (κ1) is 15.4. The Labute approximate surface area is 109 Å². The van der Waals surface area contributed by atoms with Crippen molar-refractivity contribution in [1.29, 1.82) is 0 Å². The zero-order valence-electron chi connectivity index (χ0n) is 11.4. The number of aliphatic carboxylic acids is 1. The summed E-state index contributed by atoms with van der Waals surface area (Å²) >= 11 is 0. The van der Waals surface area contributed by atoms with Crippen LogP contribution < -0.4 is 5.73 Å². The van der Waals surface area contributed by atoms with E-state index >= 15 is 0 Å². The number of likely N-dealkylation sites (tertiary alicyclic amines) is 1. The largest absolute Gasteiger partial charge is 0.481 e. The Bertz CT molecular complexity index is 271. The van der Waals surface area contributed by atoms with Crippen LogP contribution in [0, 0.1) is 11.8 Å². The van der Waals surface area contributed by atoms with E-state index < -0.39 is 5.97 Å². The lowest BCUT2D eigenvalue weighted by Gasteiger charge is -2.37. The van der Waals surface area contributed by atoms with E-state index in [9.17, 15) is 9.90 Å². The summed E-state index contributed by atoms with van der Waals surface area (Å²) in [4.78, 5) is 12.7. The minimum atomic E-state index is -0.770. The zero-order chi connectivity index (χ0) is 13.7. The number of hydrogen-bond donors (Lipinski definition) is 3. The van der Waals surface area contributed by atoms with Crippen molar-refractivity contribution >= 4 is 5.97 Å². The summed E-state index contributed by atoms with van der Waals surface area (Å²) in [5.74, 6) is -0.136. The maximum absolute atomic E-state index is 10.6. The maximum atomic E-state index is 10.6. The van der Waals surface area contributed by atoms with E-state index in [1.165, 1.54) is 0 Å². The van der Waals surface area contributed by atoms with Crippen LogP contribution in [0.3, 0.4) is 0 Å². The highest BCUT2D eigenvalue weighted by atomic mass is 16.4. The molecule has 1 saturated heterocycles. The van der Waals surface area contributed by atoms with Crippen molar-refractivity contribution in [3.8, 4) is 0 Å². The van der Waals surface area contributed by atoms with E-state index in [-0.39, 0.29) is 24.5 Å². The molecule has 0 aromatic rings. The molecule has 0 spiro atoms. The smallest absolute Gasteiger partial charge is 0.304 e. The molecule has 0 aromatic carbocycles. The number of aliphatic hydroxyl groups is 1. The Morgan fingerprint density at radius 3 is 2.67 bits per heavy atom. The van der Waals surface area contributed by atoms with Crippen LogP contribution in [0.15, 0.2) is 0 Å². The fourth-order valence-corrected chi connectivity index (χ4v) is 2.57. The molecule has 0 saturated carbocycles. The molecule has 0 bridgehead atoms. The molecule has 106 valence electrons. The third-order valence-electron chi connectivity index (χ3n) is 3.63. The van der Waals surface area contributed by atoms with Gasteiger partial charge in [0.05, 0.1) is 12.5 Å². The van der Waals surface area contributed by atoms with Gasteiger partial charge in [-0.2, -0.15) is 0 Å². The first-order valence-electron chi connectivity index (χ1n) is 6.76. The molecular formula is C13H26N2O3. The van der Waals surface area contributed by atoms with Crippen LogP contribution in [0.4, 0.5) is 0 Å². The molecule has 0 radical (unpaired) electrons. The zero-order valence-corrected chi connectivity index (χ0v) is 11.4. The first-order chi connectivity index (χ1) is 8.38. The van der Waals surface area contributed by atoms with Gasteiger partial charge in [-0.15, -0.1) is 0 Å². The van der Waals surface area contributed by atoms with E-state index in [1.54, 1.807) is 0 Å². The van der Waals surface area contributed by atoms with E-state index in [2.05, 4.69) is 4.90 Å². The van der Waals surface area contributed by atoms with Gasteiger partial charge in [-0.1, -0.05) is 13.8 Å². The van der Waals surface area contributed by atoms with E-state index in [0.29, 0.717) is 12.5 Å². The Balaban J connectivity index is 2.42. The molecule has 0 aromatic heterocycles. The molecule has 5 heteroatoms. The first-order valence-corrected chi connectivity index (χ1v) is 6.76. The number of piperidine rings is 1. The lowest BCUT2D eigenvalue weighted by Crippen LogP contribution is -2.48. The Morgan fingerprint density at radius 1 is 1.44 bits per heavy atom. The molecule has 0 amide bonds. The summed E-state index contributed by atoms with van der Waals surface area (Å²) in [5.41, 5.74) is 6.00. The van der Waals surface area contributed by atoms with Crippen LogP contribution in [0.5, 0.6) is 0 Å². The SMILES string of the molecule is CC(C)C(O)CC1CC(N)CN(CCC(=O)O)C1. The van der Waals surface area contributed by atoms with E-state index in [0.717, 1.165) is 25.9 Å². The van der Waals surface area contributed by atoms with Gasteiger partial charge in [-0.25, -0.2) is 0 Å². The summed E-state index contributed by atoms with van der Waals surface area (Å²) in [5, 5.41) is 18.6. The van der Waals surface area contributed by atoms with Gasteiger partial charge in [0.15, 0.2) is 0 Å². The van der Waals surface area contributed by atoms with Crippen molar-refractivity contribution in [2.45, 2.75) is 45.3 Å². The predicted octanol–water partition coefficient (Wildman–Crippen LogP) is 0.517. The molecule has 1 aliphatic heterocycles. The van der Waals surface area contributed by atoms with Gasteiger partial charge in [0.2, 0.25) is 0 Å². The lowest BCUT2D eigenvalue weighted by atomic mass is 9.87. The number of rotatable bonds is 6. The minimum Gasteiger partial charge on any atom is -0.481 e. The monoisotopic (exact) mass is 258 g/mol. The number of carboxylic acids is 1. The summed E-state index contributed by atoms with van der Waals surface area (Å²) in [7, 11) is 0. The fraction of sp³-hybridized carbons (Fsp3) is 0.923.